The Morgan fingerprint density at radius 2 is 1.76 bits per heavy atom. The van der Waals surface area contributed by atoms with Gasteiger partial charge in [0, 0.05) is 21.3 Å². The van der Waals surface area contributed by atoms with Gasteiger partial charge in [0.25, 0.3) is 0 Å². The third kappa shape index (κ3) is 6.38. The van der Waals surface area contributed by atoms with Crippen LogP contribution in [-0.4, -0.2) is 13.0 Å². The molecule has 0 heterocycles. The van der Waals surface area contributed by atoms with Gasteiger partial charge in [-0.15, -0.1) is 0 Å². The number of ether oxygens (including phenoxy) is 2. The predicted molar refractivity (Wildman–Crippen MR) is 121 cm³/mol. The van der Waals surface area contributed by atoms with Crippen LogP contribution in [0.4, 0.5) is 5.69 Å². The third-order valence-electron chi connectivity index (χ3n) is 4.03. The average molecular weight is 473 g/mol. The normalized spacial score (nSPS) is 10.7. The molecule has 0 fully saturated rings. The van der Waals surface area contributed by atoms with Crippen LogP contribution in [0.3, 0.4) is 0 Å². The topological polar surface area (TPSA) is 47.6 Å². The van der Waals surface area contributed by atoms with E-state index >= 15 is 0 Å². The number of nitrogens with one attached hydrogen (secondary N) is 1. The lowest BCUT2D eigenvalue weighted by molar-refractivity contribution is -0.111. The zero-order valence-electron chi connectivity index (χ0n) is 15.7. The molecule has 3 aromatic rings. The van der Waals surface area contributed by atoms with E-state index in [1.165, 1.54) is 6.08 Å². The minimum Gasteiger partial charge on any atom is -0.493 e. The first-order valence-electron chi connectivity index (χ1n) is 8.83. The molecule has 0 aliphatic carbocycles. The molecule has 4 nitrogen and oxygen atoms in total. The van der Waals surface area contributed by atoms with Crippen molar-refractivity contribution in [2.24, 2.45) is 0 Å². The summed E-state index contributed by atoms with van der Waals surface area (Å²) in [5.74, 6) is 1.00. The van der Waals surface area contributed by atoms with E-state index in [-0.39, 0.29) is 5.91 Å². The summed E-state index contributed by atoms with van der Waals surface area (Å²) in [6, 6.07) is 20.4. The van der Waals surface area contributed by atoms with Gasteiger partial charge in [0.1, 0.15) is 6.61 Å². The van der Waals surface area contributed by atoms with Gasteiger partial charge in [-0.1, -0.05) is 45.7 Å². The van der Waals surface area contributed by atoms with Crippen molar-refractivity contribution < 1.29 is 14.3 Å². The first-order chi connectivity index (χ1) is 14.0. The molecule has 3 aromatic carbocycles. The maximum absolute atomic E-state index is 12.1. The Balaban J connectivity index is 1.62. The van der Waals surface area contributed by atoms with Gasteiger partial charge in [-0.05, 0) is 65.7 Å². The van der Waals surface area contributed by atoms with Crippen LogP contribution in [0.5, 0.6) is 11.5 Å². The average Bonchev–Trinajstić information content (AvgIpc) is 2.74. The van der Waals surface area contributed by atoms with Crippen LogP contribution >= 0.6 is 27.5 Å². The zero-order valence-corrected chi connectivity index (χ0v) is 18.0. The van der Waals surface area contributed by atoms with Crippen molar-refractivity contribution in [1.29, 1.82) is 0 Å². The van der Waals surface area contributed by atoms with Crippen LogP contribution in [-0.2, 0) is 11.4 Å². The van der Waals surface area contributed by atoms with Crippen molar-refractivity contribution in [3.05, 3.63) is 93.4 Å². The minimum atomic E-state index is -0.214. The Hall–Kier alpha value is -2.76. The maximum atomic E-state index is 12.1. The maximum Gasteiger partial charge on any atom is 0.248 e. The van der Waals surface area contributed by atoms with Crippen molar-refractivity contribution in [3.8, 4) is 11.5 Å². The number of carbonyl (C=O) groups excluding carboxylic acids is 1. The van der Waals surface area contributed by atoms with E-state index in [1.807, 2.05) is 66.7 Å². The molecule has 0 aliphatic rings. The lowest BCUT2D eigenvalue weighted by Gasteiger charge is -2.11. The Labute approximate surface area is 183 Å². The number of methoxy groups -OCH3 is 1. The van der Waals surface area contributed by atoms with Gasteiger partial charge in [-0.3, -0.25) is 4.79 Å². The second-order valence-corrected chi connectivity index (χ2v) is 7.51. The highest BCUT2D eigenvalue weighted by atomic mass is 79.9. The van der Waals surface area contributed by atoms with Crippen LogP contribution in [0.1, 0.15) is 11.1 Å². The quantitative estimate of drug-likeness (QED) is 0.408. The summed E-state index contributed by atoms with van der Waals surface area (Å²) in [5, 5.41) is 3.50. The lowest BCUT2D eigenvalue weighted by Crippen LogP contribution is -2.07. The number of rotatable bonds is 7. The first kappa shape index (κ1) is 21.0. The minimum absolute atomic E-state index is 0.214. The van der Waals surface area contributed by atoms with Gasteiger partial charge >= 0.3 is 0 Å². The molecule has 0 bridgehead atoms. The largest absolute Gasteiger partial charge is 0.493 e. The van der Waals surface area contributed by atoms with Gasteiger partial charge < -0.3 is 14.8 Å². The van der Waals surface area contributed by atoms with E-state index < -0.39 is 0 Å². The summed E-state index contributed by atoms with van der Waals surface area (Å²) in [7, 11) is 1.58. The molecule has 29 heavy (non-hydrogen) atoms. The monoisotopic (exact) mass is 471 g/mol. The van der Waals surface area contributed by atoms with Crippen LogP contribution in [0.15, 0.2) is 77.3 Å². The molecule has 148 valence electrons. The molecule has 0 unspecified atom stereocenters. The van der Waals surface area contributed by atoms with Crippen LogP contribution in [0.25, 0.3) is 6.08 Å². The number of hydrogen-bond acceptors (Lipinski definition) is 3. The Morgan fingerprint density at radius 3 is 2.45 bits per heavy atom. The molecule has 0 saturated heterocycles. The smallest absolute Gasteiger partial charge is 0.248 e. The summed E-state index contributed by atoms with van der Waals surface area (Å²) in [5.41, 5.74) is 2.56. The zero-order chi connectivity index (χ0) is 20.6. The molecule has 6 heteroatoms. The highest BCUT2D eigenvalue weighted by Gasteiger charge is 2.06. The van der Waals surface area contributed by atoms with Crippen molar-refractivity contribution in [3.63, 3.8) is 0 Å². The molecule has 1 amide bonds. The van der Waals surface area contributed by atoms with E-state index in [2.05, 4.69) is 21.2 Å². The van der Waals surface area contributed by atoms with Gasteiger partial charge in [-0.25, -0.2) is 0 Å². The van der Waals surface area contributed by atoms with E-state index in [0.29, 0.717) is 23.1 Å². The molecular formula is C23H19BrClNO3. The SMILES string of the molecule is COc1cc(C=CC(=O)Nc2ccc(Br)cc2)ccc1OCc1ccc(Cl)cc1. The summed E-state index contributed by atoms with van der Waals surface area (Å²) in [6.45, 7) is 0.401. The predicted octanol–water partition coefficient (Wildman–Crippen LogP) is 6.34. The molecular weight excluding hydrogens is 454 g/mol. The number of halogens is 2. The number of amides is 1. The van der Waals surface area contributed by atoms with Crippen molar-refractivity contribution in [2.45, 2.75) is 6.61 Å². The summed E-state index contributed by atoms with van der Waals surface area (Å²) < 4.78 is 12.2. The van der Waals surface area contributed by atoms with Crippen molar-refractivity contribution in [1.82, 2.24) is 0 Å². The van der Waals surface area contributed by atoms with Crippen LogP contribution < -0.4 is 14.8 Å². The number of benzene rings is 3. The Bertz CT molecular complexity index is 1000. The van der Waals surface area contributed by atoms with Crippen LogP contribution in [0.2, 0.25) is 5.02 Å². The van der Waals surface area contributed by atoms with Crippen molar-refractivity contribution in [2.75, 3.05) is 12.4 Å². The standard InChI is InChI=1S/C23H19BrClNO3/c1-28-22-14-16(5-13-23(27)26-20-10-6-18(24)7-11-20)4-12-21(22)29-15-17-2-8-19(25)9-3-17/h2-14H,15H2,1H3,(H,26,27). The summed E-state index contributed by atoms with van der Waals surface area (Å²) >= 11 is 9.27. The van der Waals surface area contributed by atoms with E-state index in [4.69, 9.17) is 21.1 Å². The van der Waals surface area contributed by atoms with Crippen molar-refractivity contribution >= 4 is 45.2 Å². The highest BCUT2D eigenvalue weighted by molar-refractivity contribution is 9.10. The van der Waals surface area contributed by atoms with E-state index in [9.17, 15) is 4.79 Å². The number of hydrogen-bond donors (Lipinski definition) is 1. The number of carbonyl (C=O) groups is 1. The first-order valence-corrected chi connectivity index (χ1v) is 10.0. The van der Waals surface area contributed by atoms with Gasteiger partial charge in [0.2, 0.25) is 5.91 Å². The fourth-order valence-corrected chi connectivity index (χ4v) is 2.93. The van der Waals surface area contributed by atoms with Crippen LogP contribution in [0, 0.1) is 0 Å². The molecule has 0 radical (unpaired) electrons. The summed E-state index contributed by atoms with van der Waals surface area (Å²) in [6.07, 6.45) is 3.20. The molecule has 0 atom stereocenters. The Morgan fingerprint density at radius 1 is 1.03 bits per heavy atom. The molecule has 0 aliphatic heterocycles. The molecule has 0 spiro atoms. The van der Waals surface area contributed by atoms with E-state index in [0.717, 1.165) is 21.3 Å². The highest BCUT2D eigenvalue weighted by Crippen LogP contribution is 2.29. The van der Waals surface area contributed by atoms with Gasteiger partial charge in [0.15, 0.2) is 11.5 Å². The number of anilines is 1. The van der Waals surface area contributed by atoms with Gasteiger partial charge in [-0.2, -0.15) is 0 Å². The molecule has 1 N–H and O–H groups in total. The Kier molecular flexibility index (Phi) is 7.33. The lowest BCUT2D eigenvalue weighted by atomic mass is 10.2. The molecule has 3 rings (SSSR count). The van der Waals surface area contributed by atoms with E-state index in [1.54, 1.807) is 13.2 Å². The fraction of sp³-hybridized carbons (Fsp3) is 0.0870. The summed E-state index contributed by atoms with van der Waals surface area (Å²) in [4.78, 5) is 12.1. The fourth-order valence-electron chi connectivity index (χ4n) is 2.54. The second-order valence-electron chi connectivity index (χ2n) is 6.15. The second kappa shape index (κ2) is 10.1. The third-order valence-corrected chi connectivity index (χ3v) is 4.81. The molecule has 0 saturated carbocycles. The van der Waals surface area contributed by atoms with Gasteiger partial charge in [0.05, 0.1) is 7.11 Å². The molecule has 0 aromatic heterocycles.